The van der Waals surface area contributed by atoms with Gasteiger partial charge in [-0.2, -0.15) is 5.10 Å². The van der Waals surface area contributed by atoms with E-state index < -0.39 is 17.9 Å². The van der Waals surface area contributed by atoms with Crippen molar-refractivity contribution < 1.29 is 14.3 Å². The predicted molar refractivity (Wildman–Crippen MR) is 51.9 cm³/mol. The highest BCUT2D eigenvalue weighted by Crippen LogP contribution is 2.05. The molecule has 0 aliphatic carbocycles. The van der Waals surface area contributed by atoms with Crippen LogP contribution in [0.2, 0.25) is 0 Å². The summed E-state index contributed by atoms with van der Waals surface area (Å²) in [6.45, 7) is 1.51. The number of rotatable bonds is 3. The second kappa shape index (κ2) is 4.45. The maximum atomic E-state index is 11.5. The molecule has 0 aromatic carbocycles. The van der Waals surface area contributed by atoms with Crippen molar-refractivity contribution in [2.45, 2.75) is 13.0 Å². The molecule has 1 heterocycles. The van der Waals surface area contributed by atoms with Crippen LogP contribution in [0.15, 0.2) is 6.20 Å². The standard InChI is InChI=1S/C8H12N4O3/c1-4(8(14)15-2)11-7(13)6-5(9)3-10-12-6/h3-4H,9H2,1-2H3,(H,10,12)(H,11,13). The molecule has 0 saturated heterocycles. The molecule has 7 nitrogen and oxygen atoms in total. The van der Waals surface area contributed by atoms with Gasteiger partial charge in [-0.1, -0.05) is 0 Å². The number of methoxy groups -OCH3 is 1. The fourth-order valence-electron chi connectivity index (χ4n) is 0.982. The number of nitrogen functional groups attached to an aromatic ring is 1. The van der Waals surface area contributed by atoms with Crippen LogP contribution in [0.4, 0.5) is 5.69 Å². The smallest absolute Gasteiger partial charge is 0.328 e. The zero-order chi connectivity index (χ0) is 11.4. The lowest BCUT2D eigenvalue weighted by atomic mass is 10.3. The van der Waals surface area contributed by atoms with E-state index in [4.69, 9.17) is 5.73 Å². The normalized spacial score (nSPS) is 11.9. The molecule has 1 aromatic heterocycles. The number of anilines is 1. The van der Waals surface area contributed by atoms with Crippen molar-refractivity contribution in [3.05, 3.63) is 11.9 Å². The molecular formula is C8H12N4O3. The molecule has 0 aliphatic heterocycles. The molecule has 0 radical (unpaired) electrons. The molecule has 0 bridgehead atoms. The molecule has 0 saturated carbocycles. The Hall–Kier alpha value is -2.05. The minimum absolute atomic E-state index is 0.130. The topological polar surface area (TPSA) is 110 Å². The summed E-state index contributed by atoms with van der Waals surface area (Å²) in [4.78, 5) is 22.5. The third kappa shape index (κ3) is 2.46. The van der Waals surface area contributed by atoms with Crippen LogP contribution in [0.3, 0.4) is 0 Å². The lowest BCUT2D eigenvalue weighted by molar-refractivity contribution is -0.142. The number of nitrogens with one attached hydrogen (secondary N) is 2. The Kier molecular flexibility index (Phi) is 3.27. The van der Waals surface area contributed by atoms with E-state index >= 15 is 0 Å². The molecule has 15 heavy (non-hydrogen) atoms. The largest absolute Gasteiger partial charge is 0.467 e. The number of aromatic amines is 1. The highest BCUT2D eigenvalue weighted by atomic mass is 16.5. The van der Waals surface area contributed by atoms with Gasteiger partial charge in [-0.3, -0.25) is 9.89 Å². The summed E-state index contributed by atoms with van der Waals surface area (Å²) in [6.07, 6.45) is 1.32. The monoisotopic (exact) mass is 212 g/mol. The van der Waals surface area contributed by atoms with Gasteiger partial charge in [0.25, 0.3) is 5.91 Å². The molecule has 1 rings (SSSR count). The SMILES string of the molecule is COC(=O)C(C)NC(=O)c1[nH]ncc1N. The molecule has 82 valence electrons. The van der Waals surface area contributed by atoms with Crippen LogP contribution in [0.1, 0.15) is 17.4 Å². The summed E-state index contributed by atoms with van der Waals surface area (Å²) in [5.74, 6) is -1.02. The van der Waals surface area contributed by atoms with Gasteiger partial charge >= 0.3 is 5.97 Å². The second-order valence-electron chi connectivity index (χ2n) is 2.92. The average molecular weight is 212 g/mol. The summed E-state index contributed by atoms with van der Waals surface area (Å²) in [5.41, 5.74) is 5.81. The average Bonchev–Trinajstić information content (AvgIpc) is 2.63. The zero-order valence-electron chi connectivity index (χ0n) is 8.40. The van der Waals surface area contributed by atoms with E-state index in [-0.39, 0.29) is 11.4 Å². The first-order valence-electron chi connectivity index (χ1n) is 4.23. The number of hydrogen-bond donors (Lipinski definition) is 3. The van der Waals surface area contributed by atoms with Gasteiger partial charge < -0.3 is 15.8 Å². The fourth-order valence-corrected chi connectivity index (χ4v) is 0.982. The highest BCUT2D eigenvalue weighted by Gasteiger charge is 2.19. The summed E-state index contributed by atoms with van der Waals surface area (Å²) in [5, 5.41) is 8.43. The van der Waals surface area contributed by atoms with Gasteiger partial charge in [0, 0.05) is 0 Å². The maximum absolute atomic E-state index is 11.5. The summed E-state index contributed by atoms with van der Waals surface area (Å²) < 4.78 is 4.45. The number of carbonyl (C=O) groups is 2. The highest BCUT2D eigenvalue weighted by molar-refractivity contribution is 5.98. The molecule has 7 heteroatoms. The van der Waals surface area contributed by atoms with Crippen molar-refractivity contribution in [3.63, 3.8) is 0 Å². The Balaban J connectivity index is 2.64. The third-order valence-corrected chi connectivity index (χ3v) is 1.80. The first-order valence-corrected chi connectivity index (χ1v) is 4.23. The molecule has 0 spiro atoms. The summed E-state index contributed by atoms with van der Waals surface area (Å²) >= 11 is 0. The van der Waals surface area contributed by atoms with Gasteiger partial charge in [0.2, 0.25) is 0 Å². The number of nitrogens with two attached hydrogens (primary N) is 1. The van der Waals surface area contributed by atoms with Crippen LogP contribution in [0.5, 0.6) is 0 Å². The summed E-state index contributed by atoms with van der Waals surface area (Å²) in [7, 11) is 1.25. The van der Waals surface area contributed by atoms with Crippen LogP contribution < -0.4 is 11.1 Å². The number of nitrogens with zero attached hydrogens (tertiary/aromatic N) is 1. The van der Waals surface area contributed by atoms with Gasteiger partial charge in [0.05, 0.1) is 19.0 Å². The lowest BCUT2D eigenvalue weighted by Crippen LogP contribution is -2.39. The first-order chi connectivity index (χ1) is 7.06. The predicted octanol–water partition coefficient (Wildman–Crippen LogP) is -0.717. The minimum Gasteiger partial charge on any atom is -0.467 e. The molecule has 0 fully saturated rings. The van der Waals surface area contributed by atoms with Crippen LogP contribution in [0.25, 0.3) is 0 Å². The Bertz CT molecular complexity index is 374. The van der Waals surface area contributed by atoms with E-state index in [1.165, 1.54) is 20.2 Å². The van der Waals surface area contributed by atoms with Crippen molar-refractivity contribution in [1.82, 2.24) is 15.5 Å². The van der Waals surface area contributed by atoms with Gasteiger partial charge in [-0.25, -0.2) is 4.79 Å². The molecule has 0 aliphatic rings. The van der Waals surface area contributed by atoms with E-state index in [1.54, 1.807) is 0 Å². The van der Waals surface area contributed by atoms with Gasteiger partial charge in [0.1, 0.15) is 11.7 Å². The Morgan fingerprint density at radius 3 is 2.80 bits per heavy atom. The molecule has 1 unspecified atom stereocenters. The van der Waals surface area contributed by atoms with Crippen molar-refractivity contribution >= 4 is 17.6 Å². The second-order valence-corrected chi connectivity index (χ2v) is 2.92. The first kappa shape index (κ1) is 11.0. The fraction of sp³-hybridized carbons (Fsp3) is 0.375. The maximum Gasteiger partial charge on any atom is 0.328 e. The summed E-state index contributed by atoms with van der Waals surface area (Å²) in [6, 6.07) is -0.731. The van der Waals surface area contributed by atoms with Crippen LogP contribution in [0, 0.1) is 0 Å². The van der Waals surface area contributed by atoms with E-state index in [1.807, 2.05) is 0 Å². The minimum atomic E-state index is -0.731. The number of amides is 1. The lowest BCUT2D eigenvalue weighted by Gasteiger charge is -2.10. The molecule has 1 atom stereocenters. The Morgan fingerprint density at radius 1 is 1.67 bits per heavy atom. The number of esters is 1. The number of carbonyl (C=O) groups excluding carboxylic acids is 2. The van der Waals surface area contributed by atoms with E-state index in [2.05, 4.69) is 20.3 Å². The van der Waals surface area contributed by atoms with E-state index in [0.717, 1.165) is 0 Å². The van der Waals surface area contributed by atoms with Crippen LogP contribution >= 0.6 is 0 Å². The third-order valence-electron chi connectivity index (χ3n) is 1.80. The van der Waals surface area contributed by atoms with Crippen molar-refractivity contribution in [3.8, 4) is 0 Å². The Labute approximate surface area is 86.0 Å². The number of hydrogen-bond acceptors (Lipinski definition) is 5. The van der Waals surface area contributed by atoms with Gasteiger partial charge in [-0.15, -0.1) is 0 Å². The van der Waals surface area contributed by atoms with Crippen LogP contribution in [-0.2, 0) is 9.53 Å². The van der Waals surface area contributed by atoms with E-state index in [0.29, 0.717) is 0 Å². The van der Waals surface area contributed by atoms with E-state index in [9.17, 15) is 9.59 Å². The Morgan fingerprint density at radius 2 is 2.33 bits per heavy atom. The van der Waals surface area contributed by atoms with Crippen molar-refractivity contribution in [2.75, 3.05) is 12.8 Å². The molecule has 1 aromatic rings. The molecule has 1 amide bonds. The number of aromatic nitrogens is 2. The number of H-pyrrole nitrogens is 1. The molecule has 4 N–H and O–H groups in total. The van der Waals surface area contributed by atoms with Crippen LogP contribution in [-0.4, -0.2) is 35.2 Å². The number of ether oxygens (including phenoxy) is 1. The van der Waals surface area contributed by atoms with Crippen molar-refractivity contribution in [1.29, 1.82) is 0 Å². The molecular weight excluding hydrogens is 200 g/mol. The van der Waals surface area contributed by atoms with Crippen molar-refractivity contribution in [2.24, 2.45) is 0 Å². The zero-order valence-corrected chi connectivity index (χ0v) is 8.40. The quantitative estimate of drug-likeness (QED) is 0.573. The van der Waals surface area contributed by atoms with Gasteiger partial charge in [-0.05, 0) is 6.92 Å². The van der Waals surface area contributed by atoms with Gasteiger partial charge in [0.15, 0.2) is 0 Å².